The van der Waals surface area contributed by atoms with Crippen LogP contribution in [0.25, 0.3) is 0 Å². The van der Waals surface area contributed by atoms with Crippen LogP contribution >= 0.6 is 0 Å². The highest BCUT2D eigenvalue weighted by atomic mass is 16.6. The van der Waals surface area contributed by atoms with Crippen LogP contribution < -0.4 is 10.2 Å². The summed E-state index contributed by atoms with van der Waals surface area (Å²) in [6.07, 6.45) is 2.86. The molecule has 0 radical (unpaired) electrons. The van der Waals surface area contributed by atoms with Gasteiger partial charge < -0.3 is 15.3 Å². The van der Waals surface area contributed by atoms with Crippen LogP contribution in [-0.4, -0.2) is 44.7 Å². The number of aryl methyl sites for hydroxylation is 1. The molecule has 0 amide bonds. The van der Waals surface area contributed by atoms with Crippen molar-refractivity contribution in [2.45, 2.75) is 13.8 Å². The molecule has 0 spiro atoms. The van der Waals surface area contributed by atoms with Crippen LogP contribution in [0.4, 0.5) is 23.1 Å². The third kappa shape index (κ3) is 3.89. The summed E-state index contributed by atoms with van der Waals surface area (Å²) in [7, 11) is 0. The van der Waals surface area contributed by atoms with Crippen molar-refractivity contribution < 1.29 is 10.0 Å². The van der Waals surface area contributed by atoms with Crippen molar-refractivity contribution >= 4 is 23.1 Å². The van der Waals surface area contributed by atoms with Gasteiger partial charge in [0.15, 0.2) is 0 Å². The second-order valence-corrected chi connectivity index (χ2v) is 4.80. The van der Waals surface area contributed by atoms with Gasteiger partial charge in [-0.2, -0.15) is 0 Å². The summed E-state index contributed by atoms with van der Waals surface area (Å²) in [4.78, 5) is 24.7. The Bertz CT molecular complexity index is 694. The van der Waals surface area contributed by atoms with Crippen molar-refractivity contribution in [3.8, 4) is 0 Å². The van der Waals surface area contributed by atoms with Crippen LogP contribution in [0.1, 0.15) is 12.5 Å². The van der Waals surface area contributed by atoms with E-state index in [0.717, 1.165) is 5.56 Å². The maximum Gasteiger partial charge on any atom is 0.353 e. The van der Waals surface area contributed by atoms with Crippen LogP contribution in [0, 0.1) is 17.0 Å². The average molecular weight is 318 g/mol. The van der Waals surface area contributed by atoms with Gasteiger partial charge in [-0.1, -0.05) is 0 Å². The van der Waals surface area contributed by atoms with Crippen molar-refractivity contribution in [1.29, 1.82) is 0 Å². The Labute approximate surface area is 133 Å². The van der Waals surface area contributed by atoms with E-state index in [1.165, 1.54) is 6.33 Å². The first-order valence-electron chi connectivity index (χ1n) is 7.11. The largest absolute Gasteiger partial charge is 0.395 e. The van der Waals surface area contributed by atoms with Crippen molar-refractivity contribution in [3.05, 3.63) is 40.3 Å². The van der Waals surface area contributed by atoms with Gasteiger partial charge in [-0.05, 0) is 31.5 Å². The smallest absolute Gasteiger partial charge is 0.353 e. The van der Waals surface area contributed by atoms with Gasteiger partial charge in [0.25, 0.3) is 0 Å². The molecule has 2 rings (SSSR count). The Balaban J connectivity index is 2.45. The minimum atomic E-state index is -0.534. The molecule has 9 nitrogen and oxygen atoms in total. The molecule has 0 aliphatic rings. The minimum Gasteiger partial charge on any atom is -0.395 e. The molecule has 122 valence electrons. The lowest BCUT2D eigenvalue weighted by Crippen LogP contribution is -2.28. The summed E-state index contributed by atoms with van der Waals surface area (Å²) in [6.45, 7) is 4.32. The van der Waals surface area contributed by atoms with E-state index in [2.05, 4.69) is 20.3 Å². The second kappa shape index (κ2) is 7.45. The van der Waals surface area contributed by atoms with Gasteiger partial charge in [-0.3, -0.25) is 10.1 Å². The van der Waals surface area contributed by atoms with Crippen LogP contribution in [0.5, 0.6) is 0 Å². The summed E-state index contributed by atoms with van der Waals surface area (Å²) in [5.74, 6) is 0.689. The molecule has 0 aliphatic heterocycles. The fourth-order valence-electron chi connectivity index (χ4n) is 2.12. The summed E-state index contributed by atoms with van der Waals surface area (Å²) < 4.78 is 0. The highest BCUT2D eigenvalue weighted by Gasteiger charge is 2.26. The lowest BCUT2D eigenvalue weighted by molar-refractivity contribution is -0.383. The number of nitrogens with zero attached hydrogens (tertiary/aromatic N) is 5. The SMILES string of the molecule is CCN(CCO)c1ncnc(Nc2cc(C)ccn2)c1[N+](=O)[O-]. The number of aliphatic hydroxyl groups excluding tert-OH is 1. The molecule has 0 aliphatic carbocycles. The van der Waals surface area contributed by atoms with Gasteiger partial charge in [0.2, 0.25) is 11.6 Å². The van der Waals surface area contributed by atoms with Crippen molar-refractivity contribution in [3.63, 3.8) is 0 Å². The molecule has 0 saturated heterocycles. The fraction of sp³-hybridized carbons (Fsp3) is 0.357. The monoisotopic (exact) mass is 318 g/mol. The maximum atomic E-state index is 11.5. The van der Waals surface area contributed by atoms with Gasteiger partial charge in [-0.25, -0.2) is 15.0 Å². The van der Waals surface area contributed by atoms with E-state index < -0.39 is 4.92 Å². The summed E-state index contributed by atoms with van der Waals surface area (Å²) in [5.41, 5.74) is 0.723. The molecular weight excluding hydrogens is 300 g/mol. The molecule has 2 N–H and O–H groups in total. The number of nitrogens with one attached hydrogen (secondary N) is 1. The number of pyridine rings is 1. The van der Waals surface area contributed by atoms with Gasteiger partial charge >= 0.3 is 5.69 Å². The van der Waals surface area contributed by atoms with E-state index in [0.29, 0.717) is 12.4 Å². The third-order valence-electron chi connectivity index (χ3n) is 3.20. The first-order valence-corrected chi connectivity index (χ1v) is 7.11. The van der Waals surface area contributed by atoms with Crippen LogP contribution in [0.3, 0.4) is 0 Å². The number of rotatable bonds is 7. The van der Waals surface area contributed by atoms with E-state index >= 15 is 0 Å². The lowest BCUT2D eigenvalue weighted by Gasteiger charge is -2.20. The molecule has 23 heavy (non-hydrogen) atoms. The zero-order valence-corrected chi connectivity index (χ0v) is 12.9. The standard InChI is InChI=1S/C14H18N6O3/c1-3-19(6-7-21)14-12(20(22)23)13(16-9-17-14)18-11-8-10(2)4-5-15-11/h4-5,8-9,21H,3,6-7H2,1-2H3,(H,15,16,17,18). The summed E-state index contributed by atoms with van der Waals surface area (Å²) >= 11 is 0. The van der Waals surface area contributed by atoms with E-state index in [9.17, 15) is 10.1 Å². The molecule has 0 unspecified atom stereocenters. The minimum absolute atomic E-state index is 0.0643. The Morgan fingerprint density at radius 3 is 2.78 bits per heavy atom. The molecule has 2 heterocycles. The third-order valence-corrected chi connectivity index (χ3v) is 3.20. The molecule has 0 bridgehead atoms. The predicted octanol–water partition coefficient (Wildman–Crippen LogP) is 1.65. The van der Waals surface area contributed by atoms with Gasteiger partial charge in [-0.15, -0.1) is 0 Å². The molecule has 2 aromatic rings. The first-order chi connectivity index (χ1) is 11.1. The average Bonchev–Trinajstić information content (AvgIpc) is 2.52. The Morgan fingerprint density at radius 2 is 2.17 bits per heavy atom. The molecular formula is C14H18N6O3. The number of aliphatic hydroxyl groups is 1. The Hall–Kier alpha value is -2.81. The second-order valence-electron chi connectivity index (χ2n) is 4.80. The number of aromatic nitrogens is 3. The summed E-state index contributed by atoms with van der Waals surface area (Å²) in [6, 6.07) is 3.59. The van der Waals surface area contributed by atoms with Gasteiger partial charge in [0, 0.05) is 19.3 Å². The topological polar surface area (TPSA) is 117 Å². The van der Waals surface area contributed by atoms with Gasteiger partial charge in [0.05, 0.1) is 11.5 Å². The quantitative estimate of drug-likeness (QED) is 0.584. The fourth-order valence-corrected chi connectivity index (χ4v) is 2.12. The predicted molar refractivity (Wildman–Crippen MR) is 85.9 cm³/mol. The zero-order valence-electron chi connectivity index (χ0n) is 12.9. The number of nitro groups is 1. The molecule has 0 atom stereocenters. The van der Waals surface area contributed by atoms with Crippen molar-refractivity contribution in [2.24, 2.45) is 0 Å². The molecule has 0 aromatic carbocycles. The Morgan fingerprint density at radius 1 is 1.39 bits per heavy atom. The first kappa shape index (κ1) is 16.6. The highest BCUT2D eigenvalue weighted by molar-refractivity contribution is 5.73. The number of hydrogen-bond donors (Lipinski definition) is 2. The van der Waals surface area contributed by atoms with Crippen molar-refractivity contribution in [1.82, 2.24) is 15.0 Å². The molecule has 2 aromatic heterocycles. The van der Waals surface area contributed by atoms with E-state index in [1.54, 1.807) is 17.2 Å². The molecule has 9 heteroatoms. The number of hydrogen-bond acceptors (Lipinski definition) is 8. The number of likely N-dealkylation sites (N-methyl/N-ethyl adjacent to an activating group) is 1. The lowest BCUT2D eigenvalue weighted by atomic mass is 10.3. The summed E-state index contributed by atoms with van der Waals surface area (Å²) in [5, 5.41) is 23.5. The van der Waals surface area contributed by atoms with E-state index in [-0.39, 0.29) is 30.5 Å². The zero-order chi connectivity index (χ0) is 16.8. The van der Waals surface area contributed by atoms with Crippen molar-refractivity contribution in [2.75, 3.05) is 29.9 Å². The Kier molecular flexibility index (Phi) is 5.36. The maximum absolute atomic E-state index is 11.5. The normalized spacial score (nSPS) is 10.4. The van der Waals surface area contributed by atoms with E-state index in [1.807, 2.05) is 19.9 Å². The van der Waals surface area contributed by atoms with Gasteiger partial charge in [0.1, 0.15) is 12.1 Å². The van der Waals surface area contributed by atoms with Crippen LogP contribution in [0.15, 0.2) is 24.7 Å². The number of anilines is 3. The molecule has 0 fully saturated rings. The van der Waals surface area contributed by atoms with E-state index in [4.69, 9.17) is 5.11 Å². The highest BCUT2D eigenvalue weighted by Crippen LogP contribution is 2.33. The van der Waals surface area contributed by atoms with Crippen LogP contribution in [-0.2, 0) is 0 Å². The van der Waals surface area contributed by atoms with Crippen LogP contribution in [0.2, 0.25) is 0 Å². The molecule has 0 saturated carbocycles.